The maximum atomic E-state index is 12.1. The number of fused-ring (bicyclic) bond motifs is 5. The van der Waals surface area contributed by atoms with Crippen LogP contribution < -0.4 is 0 Å². The standard InChI is InChI=1S/C52H70O6/c1-36(2)42(27-31-55-38(4)53)32-46(54)37(3)43-25-26-44-47-49(57-34-40-20-12-8-13-21-40)48(56-33-39-18-10-7-11-19-39)45-24-16-17-28-51(45,6)52(47,30-29-50(43,44)5)58-35-41-22-14-9-15-23-41/h7-15,18-23,25,36-37,42,44-49,54H,16-17,24,26-35H2,1-6H3/t37?,42?,44?,45?,46?,47?,48-,49-,50-,51+,52-/m1/s1. The maximum Gasteiger partial charge on any atom is 0.302 e. The molecule has 0 aromatic heterocycles. The Morgan fingerprint density at radius 1 is 0.759 bits per heavy atom. The van der Waals surface area contributed by atoms with Gasteiger partial charge in [-0.2, -0.15) is 0 Å². The first kappa shape index (κ1) is 42.8. The average Bonchev–Trinajstić information content (AvgIpc) is 3.58. The quantitative estimate of drug-likeness (QED) is 0.108. The first-order valence-electron chi connectivity index (χ1n) is 22.5. The average molecular weight is 791 g/mol. The summed E-state index contributed by atoms with van der Waals surface area (Å²) in [5.74, 6) is 1.00. The number of hydrogen-bond donors (Lipinski definition) is 1. The van der Waals surface area contributed by atoms with E-state index in [9.17, 15) is 9.90 Å². The monoisotopic (exact) mass is 791 g/mol. The molecule has 7 rings (SSSR count). The molecule has 6 nitrogen and oxygen atoms in total. The molecule has 4 aliphatic carbocycles. The zero-order valence-corrected chi connectivity index (χ0v) is 36.1. The second-order valence-corrected chi connectivity index (χ2v) is 19.1. The summed E-state index contributed by atoms with van der Waals surface area (Å²) in [5.41, 5.74) is 4.30. The molecule has 0 amide bonds. The van der Waals surface area contributed by atoms with Gasteiger partial charge in [-0.25, -0.2) is 0 Å². The fraction of sp³-hybridized carbons (Fsp3) is 0.596. The minimum atomic E-state index is -0.494. The molecule has 0 saturated heterocycles. The second-order valence-electron chi connectivity index (χ2n) is 19.1. The van der Waals surface area contributed by atoms with Gasteiger partial charge in [0.05, 0.1) is 50.3 Å². The summed E-state index contributed by atoms with van der Waals surface area (Å²) in [6, 6.07) is 32.0. The number of carbonyl (C=O) groups excluding carboxylic acids is 1. The summed E-state index contributed by atoms with van der Waals surface area (Å²) in [5, 5.41) is 12.1. The van der Waals surface area contributed by atoms with E-state index in [-0.39, 0.29) is 58.6 Å². The van der Waals surface area contributed by atoms with E-state index in [1.807, 2.05) is 0 Å². The highest BCUT2D eigenvalue weighted by Crippen LogP contribution is 2.71. The molecular weight excluding hydrogens is 721 g/mol. The van der Waals surface area contributed by atoms with Crippen LogP contribution in [0.4, 0.5) is 0 Å². The highest BCUT2D eigenvalue weighted by atomic mass is 16.5. The van der Waals surface area contributed by atoms with Gasteiger partial charge in [0.15, 0.2) is 0 Å². The summed E-state index contributed by atoms with van der Waals surface area (Å²) in [6.07, 6.45) is 10.7. The van der Waals surface area contributed by atoms with Crippen molar-refractivity contribution >= 4 is 5.97 Å². The van der Waals surface area contributed by atoms with Crippen molar-refractivity contribution in [1.82, 2.24) is 0 Å². The van der Waals surface area contributed by atoms with E-state index in [1.54, 1.807) is 0 Å². The van der Waals surface area contributed by atoms with E-state index in [0.717, 1.165) is 38.5 Å². The lowest BCUT2D eigenvalue weighted by molar-refractivity contribution is -0.324. The van der Waals surface area contributed by atoms with Crippen molar-refractivity contribution < 1.29 is 28.8 Å². The number of hydrogen-bond acceptors (Lipinski definition) is 6. The van der Waals surface area contributed by atoms with Crippen molar-refractivity contribution in [3.63, 3.8) is 0 Å². The number of esters is 1. The molecule has 11 atom stereocenters. The first-order chi connectivity index (χ1) is 28.0. The topological polar surface area (TPSA) is 74.2 Å². The van der Waals surface area contributed by atoms with Crippen LogP contribution in [-0.2, 0) is 43.6 Å². The van der Waals surface area contributed by atoms with E-state index in [0.29, 0.717) is 38.8 Å². The van der Waals surface area contributed by atoms with E-state index >= 15 is 0 Å². The first-order valence-corrected chi connectivity index (χ1v) is 22.5. The van der Waals surface area contributed by atoms with Crippen molar-refractivity contribution in [2.24, 2.45) is 46.3 Å². The minimum Gasteiger partial charge on any atom is -0.466 e. The van der Waals surface area contributed by atoms with Crippen LogP contribution in [0.1, 0.15) is 116 Å². The molecule has 6 unspecified atom stereocenters. The molecule has 314 valence electrons. The highest BCUT2D eigenvalue weighted by molar-refractivity contribution is 5.65. The molecule has 0 aliphatic heterocycles. The number of aliphatic hydroxyl groups is 1. The summed E-state index contributed by atoms with van der Waals surface area (Å²) < 4.78 is 27.8. The van der Waals surface area contributed by atoms with Gasteiger partial charge >= 0.3 is 5.97 Å². The van der Waals surface area contributed by atoms with Gasteiger partial charge in [-0.15, -0.1) is 0 Å². The van der Waals surface area contributed by atoms with Crippen molar-refractivity contribution in [2.75, 3.05) is 6.61 Å². The SMILES string of the molecule is CC(=O)OCCC(CC(O)C(C)C1=CCC2C3[C@@H](OCc4ccccc4)[C@H](OCc4ccccc4)C4CCCC[C@]4(C)[C@@]3(OCc3ccccc3)CC[C@]12C)C(C)C. The third-order valence-corrected chi connectivity index (χ3v) is 15.6. The highest BCUT2D eigenvalue weighted by Gasteiger charge is 2.72. The molecular formula is C52H70O6. The molecule has 3 aromatic carbocycles. The molecule has 6 heteroatoms. The van der Waals surface area contributed by atoms with Gasteiger partial charge < -0.3 is 24.1 Å². The zero-order chi connectivity index (χ0) is 40.9. The van der Waals surface area contributed by atoms with Crippen LogP contribution in [0.15, 0.2) is 103 Å². The summed E-state index contributed by atoms with van der Waals surface area (Å²) in [7, 11) is 0. The predicted octanol–water partition coefficient (Wildman–Crippen LogP) is 11.3. The Morgan fingerprint density at radius 2 is 1.34 bits per heavy atom. The Kier molecular flexibility index (Phi) is 13.7. The molecule has 4 aliphatic rings. The Balaban J connectivity index is 1.27. The summed E-state index contributed by atoms with van der Waals surface area (Å²) >= 11 is 0. The van der Waals surface area contributed by atoms with Gasteiger partial charge in [0.2, 0.25) is 0 Å². The van der Waals surface area contributed by atoms with E-state index in [1.165, 1.54) is 42.0 Å². The Hall–Kier alpha value is -3.29. The number of ether oxygens (including phenoxy) is 4. The fourth-order valence-electron chi connectivity index (χ4n) is 12.3. The van der Waals surface area contributed by atoms with Gasteiger partial charge in [-0.1, -0.05) is 150 Å². The van der Waals surface area contributed by atoms with Gasteiger partial charge in [0.25, 0.3) is 0 Å². The van der Waals surface area contributed by atoms with Crippen LogP contribution in [0, 0.1) is 46.3 Å². The molecule has 0 heterocycles. The number of benzene rings is 3. The Labute approximate surface area is 349 Å². The van der Waals surface area contributed by atoms with Crippen LogP contribution in [0.3, 0.4) is 0 Å². The lowest BCUT2D eigenvalue weighted by Crippen LogP contribution is -2.74. The van der Waals surface area contributed by atoms with Crippen LogP contribution in [0.5, 0.6) is 0 Å². The molecule has 0 bridgehead atoms. The van der Waals surface area contributed by atoms with Crippen molar-refractivity contribution in [3.05, 3.63) is 119 Å². The molecule has 3 fully saturated rings. The third-order valence-electron chi connectivity index (χ3n) is 15.6. The third kappa shape index (κ3) is 8.64. The van der Waals surface area contributed by atoms with Gasteiger partial charge in [-0.3, -0.25) is 4.79 Å². The van der Waals surface area contributed by atoms with Crippen LogP contribution in [0.2, 0.25) is 0 Å². The normalized spacial score (nSPS) is 32.0. The number of carbonyl (C=O) groups is 1. The van der Waals surface area contributed by atoms with Crippen LogP contribution in [0.25, 0.3) is 0 Å². The van der Waals surface area contributed by atoms with E-state index < -0.39 is 11.7 Å². The van der Waals surface area contributed by atoms with Gasteiger partial charge in [0.1, 0.15) is 0 Å². The fourth-order valence-corrected chi connectivity index (χ4v) is 12.3. The summed E-state index contributed by atoms with van der Waals surface area (Å²) in [6.45, 7) is 15.2. The van der Waals surface area contributed by atoms with Crippen molar-refractivity contribution in [3.8, 4) is 0 Å². The maximum absolute atomic E-state index is 12.1. The number of rotatable bonds is 17. The molecule has 3 saturated carbocycles. The largest absolute Gasteiger partial charge is 0.466 e. The molecule has 0 radical (unpaired) electrons. The lowest BCUT2D eigenvalue weighted by Gasteiger charge is -2.69. The smallest absolute Gasteiger partial charge is 0.302 e. The molecule has 3 aromatic rings. The molecule has 1 N–H and O–H groups in total. The van der Waals surface area contributed by atoms with E-state index in [2.05, 4.69) is 132 Å². The van der Waals surface area contributed by atoms with Crippen molar-refractivity contribution in [1.29, 1.82) is 0 Å². The molecule has 58 heavy (non-hydrogen) atoms. The summed E-state index contributed by atoms with van der Waals surface area (Å²) in [4.78, 5) is 11.6. The predicted molar refractivity (Wildman–Crippen MR) is 230 cm³/mol. The molecule has 0 spiro atoms. The van der Waals surface area contributed by atoms with Gasteiger partial charge in [0, 0.05) is 24.2 Å². The number of aliphatic hydroxyl groups excluding tert-OH is 1. The van der Waals surface area contributed by atoms with Crippen LogP contribution >= 0.6 is 0 Å². The van der Waals surface area contributed by atoms with Crippen LogP contribution in [-0.4, -0.2) is 41.6 Å². The lowest BCUT2D eigenvalue weighted by atomic mass is 9.41. The Morgan fingerprint density at radius 3 is 1.93 bits per heavy atom. The Bertz CT molecular complexity index is 1790. The zero-order valence-electron chi connectivity index (χ0n) is 36.1. The minimum absolute atomic E-state index is 0.00173. The van der Waals surface area contributed by atoms with Crippen molar-refractivity contribution in [2.45, 2.75) is 143 Å². The second kappa shape index (κ2) is 18.5. The number of allylic oxidation sites excluding steroid dienone is 1. The van der Waals surface area contributed by atoms with E-state index in [4.69, 9.17) is 18.9 Å². The van der Waals surface area contributed by atoms with Gasteiger partial charge in [-0.05, 0) is 90.7 Å².